The predicted molar refractivity (Wildman–Crippen MR) is 70.5 cm³/mol. The molecule has 0 spiro atoms. The molecular weight excluding hydrogens is 252 g/mol. The van der Waals surface area contributed by atoms with E-state index >= 15 is 0 Å². The summed E-state index contributed by atoms with van der Waals surface area (Å²) in [6, 6.07) is 5.39. The SMILES string of the molecule is COc1ccc2nc(C(C)(C)S(C)(=O)=O)[nH]c2c1. The van der Waals surface area contributed by atoms with Gasteiger partial charge in [0.15, 0.2) is 9.84 Å². The lowest BCUT2D eigenvalue weighted by atomic mass is 10.2. The molecule has 98 valence electrons. The van der Waals surface area contributed by atoms with E-state index in [2.05, 4.69) is 9.97 Å². The van der Waals surface area contributed by atoms with Crippen LogP contribution >= 0.6 is 0 Å². The van der Waals surface area contributed by atoms with E-state index in [0.717, 1.165) is 11.0 Å². The number of nitrogens with one attached hydrogen (secondary N) is 1. The van der Waals surface area contributed by atoms with E-state index in [9.17, 15) is 8.42 Å². The highest BCUT2D eigenvalue weighted by molar-refractivity contribution is 7.91. The molecule has 0 aliphatic heterocycles. The minimum Gasteiger partial charge on any atom is -0.497 e. The Balaban J connectivity index is 2.61. The number of benzene rings is 1. The second-order valence-electron chi connectivity index (χ2n) is 4.75. The van der Waals surface area contributed by atoms with Crippen molar-refractivity contribution in [2.45, 2.75) is 18.6 Å². The first-order valence-electron chi connectivity index (χ1n) is 5.49. The Hall–Kier alpha value is -1.56. The van der Waals surface area contributed by atoms with Crippen molar-refractivity contribution >= 4 is 20.9 Å². The van der Waals surface area contributed by atoms with Crippen molar-refractivity contribution in [3.63, 3.8) is 0 Å². The van der Waals surface area contributed by atoms with E-state index in [-0.39, 0.29) is 0 Å². The number of sulfone groups is 1. The summed E-state index contributed by atoms with van der Waals surface area (Å²) in [5.41, 5.74) is 1.49. The third-order valence-corrected chi connectivity index (χ3v) is 5.23. The topological polar surface area (TPSA) is 72.0 Å². The van der Waals surface area contributed by atoms with Gasteiger partial charge in [-0.3, -0.25) is 0 Å². The molecule has 5 nitrogen and oxygen atoms in total. The summed E-state index contributed by atoms with van der Waals surface area (Å²) >= 11 is 0. The van der Waals surface area contributed by atoms with Crippen LogP contribution in [0.3, 0.4) is 0 Å². The molecule has 0 saturated heterocycles. The average molecular weight is 268 g/mol. The van der Waals surface area contributed by atoms with E-state index in [1.54, 1.807) is 39.2 Å². The Kier molecular flexibility index (Phi) is 2.85. The van der Waals surface area contributed by atoms with Crippen molar-refractivity contribution in [3.05, 3.63) is 24.0 Å². The van der Waals surface area contributed by atoms with Crippen LogP contribution in [0.5, 0.6) is 5.75 Å². The molecule has 0 fully saturated rings. The fourth-order valence-electron chi connectivity index (χ4n) is 1.58. The molecule has 1 aromatic carbocycles. The van der Waals surface area contributed by atoms with Gasteiger partial charge in [0.05, 0.1) is 18.1 Å². The van der Waals surface area contributed by atoms with Crippen LogP contribution in [0.15, 0.2) is 18.2 Å². The zero-order chi connectivity index (χ0) is 13.6. The molecule has 18 heavy (non-hydrogen) atoms. The van der Waals surface area contributed by atoms with Gasteiger partial charge in [-0.2, -0.15) is 0 Å². The fraction of sp³-hybridized carbons (Fsp3) is 0.417. The Bertz CT molecular complexity index is 686. The number of imidazole rings is 1. The summed E-state index contributed by atoms with van der Waals surface area (Å²) < 4.78 is 27.6. The third kappa shape index (κ3) is 1.96. The van der Waals surface area contributed by atoms with E-state index in [1.807, 2.05) is 0 Å². The number of ether oxygens (including phenoxy) is 1. The Morgan fingerprint density at radius 3 is 2.56 bits per heavy atom. The van der Waals surface area contributed by atoms with E-state index in [1.165, 1.54) is 6.26 Å². The maximum absolute atomic E-state index is 11.8. The number of rotatable bonds is 3. The van der Waals surface area contributed by atoms with Gasteiger partial charge in [0.2, 0.25) is 0 Å². The molecule has 6 heteroatoms. The first kappa shape index (κ1) is 12.9. The number of fused-ring (bicyclic) bond motifs is 1. The lowest BCUT2D eigenvalue weighted by molar-refractivity contribution is 0.415. The number of aromatic amines is 1. The molecule has 0 radical (unpaired) electrons. The van der Waals surface area contributed by atoms with Crippen LogP contribution < -0.4 is 4.74 Å². The second kappa shape index (κ2) is 3.98. The van der Waals surface area contributed by atoms with Gasteiger partial charge in [-0.1, -0.05) is 0 Å². The number of methoxy groups -OCH3 is 1. The molecule has 0 bridgehead atoms. The first-order valence-corrected chi connectivity index (χ1v) is 7.38. The molecule has 0 unspecified atom stereocenters. The predicted octanol–water partition coefficient (Wildman–Crippen LogP) is 1.85. The van der Waals surface area contributed by atoms with Crippen LogP contribution in [0, 0.1) is 0 Å². The number of hydrogen-bond donors (Lipinski definition) is 1. The molecule has 0 aliphatic rings. The standard InChI is InChI=1S/C12H16N2O3S/c1-12(2,18(4,15)16)11-13-9-6-5-8(17-3)7-10(9)14-11/h5-7H,1-4H3,(H,13,14). The number of H-pyrrole nitrogens is 1. The number of hydrogen-bond acceptors (Lipinski definition) is 4. The van der Waals surface area contributed by atoms with Gasteiger partial charge in [0.1, 0.15) is 16.3 Å². The molecule has 0 atom stereocenters. The highest BCUT2D eigenvalue weighted by Gasteiger charge is 2.35. The summed E-state index contributed by atoms with van der Waals surface area (Å²) in [5.74, 6) is 1.14. The van der Waals surface area contributed by atoms with Crippen LogP contribution in [0.4, 0.5) is 0 Å². The lowest BCUT2D eigenvalue weighted by Crippen LogP contribution is -2.29. The minimum atomic E-state index is -3.24. The van der Waals surface area contributed by atoms with Crippen LogP contribution in [0.25, 0.3) is 11.0 Å². The monoisotopic (exact) mass is 268 g/mol. The van der Waals surface area contributed by atoms with Gasteiger partial charge in [-0.05, 0) is 26.0 Å². The molecule has 2 rings (SSSR count). The van der Waals surface area contributed by atoms with E-state index < -0.39 is 14.6 Å². The van der Waals surface area contributed by atoms with Crippen molar-refractivity contribution in [1.82, 2.24) is 9.97 Å². The van der Waals surface area contributed by atoms with Crippen LogP contribution in [0.1, 0.15) is 19.7 Å². The molecule has 1 heterocycles. The summed E-state index contributed by atoms with van der Waals surface area (Å²) in [7, 11) is -1.66. The normalized spacial score (nSPS) is 12.9. The first-order chi connectivity index (χ1) is 8.25. The van der Waals surface area contributed by atoms with Crippen molar-refractivity contribution in [2.24, 2.45) is 0 Å². The maximum atomic E-state index is 11.8. The Morgan fingerprint density at radius 2 is 2.00 bits per heavy atom. The molecule has 1 N–H and O–H groups in total. The quantitative estimate of drug-likeness (QED) is 0.922. The van der Waals surface area contributed by atoms with Crippen LogP contribution in [-0.2, 0) is 14.6 Å². The molecule has 1 aromatic heterocycles. The minimum absolute atomic E-state index is 0.438. The van der Waals surface area contributed by atoms with Crippen LogP contribution in [-0.4, -0.2) is 31.8 Å². The van der Waals surface area contributed by atoms with Crippen molar-refractivity contribution in [3.8, 4) is 5.75 Å². The van der Waals surface area contributed by atoms with Gasteiger partial charge in [-0.25, -0.2) is 13.4 Å². The maximum Gasteiger partial charge on any atom is 0.159 e. The summed E-state index contributed by atoms with van der Waals surface area (Å²) in [5, 5.41) is 0. The molecule has 0 amide bonds. The highest BCUT2D eigenvalue weighted by atomic mass is 32.2. The zero-order valence-corrected chi connectivity index (χ0v) is 11.6. The van der Waals surface area contributed by atoms with Gasteiger partial charge < -0.3 is 9.72 Å². The number of aromatic nitrogens is 2. The Labute approximate surface area is 106 Å². The third-order valence-electron chi connectivity index (χ3n) is 3.19. The lowest BCUT2D eigenvalue weighted by Gasteiger charge is -2.19. The molecule has 2 aromatic rings. The molecular formula is C12H16N2O3S. The van der Waals surface area contributed by atoms with Crippen LogP contribution in [0.2, 0.25) is 0 Å². The second-order valence-corrected chi connectivity index (χ2v) is 7.32. The number of nitrogens with zero attached hydrogens (tertiary/aromatic N) is 1. The summed E-state index contributed by atoms with van der Waals surface area (Å²) in [4.78, 5) is 7.38. The Morgan fingerprint density at radius 1 is 1.33 bits per heavy atom. The van der Waals surface area contributed by atoms with Gasteiger partial charge in [-0.15, -0.1) is 0 Å². The smallest absolute Gasteiger partial charge is 0.159 e. The zero-order valence-electron chi connectivity index (χ0n) is 10.8. The van der Waals surface area contributed by atoms with Gasteiger partial charge in [0, 0.05) is 12.3 Å². The molecule has 0 saturated carbocycles. The van der Waals surface area contributed by atoms with Crippen molar-refractivity contribution in [1.29, 1.82) is 0 Å². The van der Waals surface area contributed by atoms with Gasteiger partial charge >= 0.3 is 0 Å². The highest BCUT2D eigenvalue weighted by Crippen LogP contribution is 2.29. The van der Waals surface area contributed by atoms with Gasteiger partial charge in [0.25, 0.3) is 0 Å². The summed E-state index contributed by atoms with van der Waals surface area (Å²) in [6.45, 7) is 3.27. The fourth-order valence-corrected chi connectivity index (χ4v) is 2.02. The van der Waals surface area contributed by atoms with Crippen molar-refractivity contribution in [2.75, 3.05) is 13.4 Å². The molecule has 0 aliphatic carbocycles. The van der Waals surface area contributed by atoms with E-state index in [4.69, 9.17) is 4.74 Å². The average Bonchev–Trinajstić information content (AvgIpc) is 2.70. The summed E-state index contributed by atoms with van der Waals surface area (Å²) in [6.07, 6.45) is 1.21. The van der Waals surface area contributed by atoms with E-state index in [0.29, 0.717) is 11.6 Å². The largest absolute Gasteiger partial charge is 0.497 e. The van der Waals surface area contributed by atoms with Crippen molar-refractivity contribution < 1.29 is 13.2 Å².